The van der Waals surface area contributed by atoms with Crippen LogP contribution >= 0.6 is 0 Å². The van der Waals surface area contributed by atoms with Gasteiger partial charge in [-0.1, -0.05) is 18.6 Å². The lowest BCUT2D eigenvalue weighted by Crippen LogP contribution is -2.56. The third-order valence-electron chi connectivity index (χ3n) is 5.99. The van der Waals surface area contributed by atoms with Gasteiger partial charge in [-0.15, -0.1) is 0 Å². The van der Waals surface area contributed by atoms with Crippen molar-refractivity contribution in [2.45, 2.75) is 69.2 Å². The fraction of sp³-hybridized carbons (Fsp3) is 0.619. The standard InChI is InChI=1S/C21H27F3N2O3/c1-20-13-16(14-6-5-7-15(12-14)21(22,23)24)26(19(28)10-11-29-2)17(20)8-3-4-9-18(27)25-20/h5-7,12,16-17H,3-4,8-11,13H2,1-2H3,(H,25,27)/t16-,17-,20-/m0/s1. The maximum atomic E-state index is 13.3. The molecule has 1 aromatic rings. The second-order valence-electron chi connectivity index (χ2n) is 8.11. The number of methoxy groups -OCH3 is 1. The molecule has 29 heavy (non-hydrogen) atoms. The molecule has 1 aromatic carbocycles. The van der Waals surface area contributed by atoms with Gasteiger partial charge >= 0.3 is 6.18 Å². The second-order valence-corrected chi connectivity index (χ2v) is 8.11. The number of fused-ring (bicyclic) bond motifs is 1. The van der Waals surface area contributed by atoms with Gasteiger partial charge in [0, 0.05) is 13.5 Å². The van der Waals surface area contributed by atoms with Crippen molar-refractivity contribution in [1.29, 1.82) is 0 Å². The van der Waals surface area contributed by atoms with E-state index >= 15 is 0 Å². The molecule has 0 aliphatic carbocycles. The van der Waals surface area contributed by atoms with Gasteiger partial charge < -0.3 is 15.0 Å². The predicted molar refractivity (Wildman–Crippen MR) is 101 cm³/mol. The van der Waals surface area contributed by atoms with E-state index in [1.807, 2.05) is 6.92 Å². The van der Waals surface area contributed by atoms with Gasteiger partial charge in [0.1, 0.15) is 0 Å². The maximum absolute atomic E-state index is 13.3. The zero-order chi connectivity index (χ0) is 21.2. The van der Waals surface area contributed by atoms with Gasteiger partial charge in [-0.2, -0.15) is 13.2 Å². The summed E-state index contributed by atoms with van der Waals surface area (Å²) in [7, 11) is 1.50. The van der Waals surface area contributed by atoms with Crippen LogP contribution in [0.3, 0.4) is 0 Å². The highest BCUT2D eigenvalue weighted by molar-refractivity contribution is 5.80. The monoisotopic (exact) mass is 412 g/mol. The zero-order valence-corrected chi connectivity index (χ0v) is 16.7. The van der Waals surface area contributed by atoms with E-state index < -0.39 is 23.3 Å². The zero-order valence-electron chi connectivity index (χ0n) is 16.7. The number of amides is 2. The number of nitrogens with one attached hydrogen (secondary N) is 1. The first-order valence-corrected chi connectivity index (χ1v) is 9.94. The average Bonchev–Trinajstić information content (AvgIpc) is 2.93. The lowest BCUT2D eigenvalue weighted by molar-refractivity contribution is -0.137. The van der Waals surface area contributed by atoms with Gasteiger partial charge in [-0.25, -0.2) is 0 Å². The predicted octanol–water partition coefficient (Wildman–Crippen LogP) is 3.83. The quantitative estimate of drug-likeness (QED) is 0.818. The molecule has 2 saturated heterocycles. The Morgan fingerprint density at radius 2 is 2.10 bits per heavy atom. The number of nitrogens with zero attached hydrogens (tertiary/aromatic N) is 1. The van der Waals surface area contributed by atoms with Gasteiger partial charge in [-0.3, -0.25) is 9.59 Å². The number of benzene rings is 1. The number of alkyl halides is 3. The molecule has 0 radical (unpaired) electrons. The lowest BCUT2D eigenvalue weighted by atomic mass is 9.85. The summed E-state index contributed by atoms with van der Waals surface area (Å²) in [5.41, 5.74) is -0.982. The molecule has 8 heteroatoms. The molecule has 2 heterocycles. The Morgan fingerprint density at radius 3 is 2.79 bits per heavy atom. The van der Waals surface area contributed by atoms with Gasteiger partial charge in [0.25, 0.3) is 0 Å². The first-order valence-electron chi connectivity index (χ1n) is 9.94. The van der Waals surface area contributed by atoms with E-state index in [0.717, 1.165) is 25.0 Å². The SMILES string of the molecule is COCCC(=O)N1[C@H]2CCCCC(=O)N[C@@]2(C)C[C@H]1c1cccc(C(F)(F)F)c1. The topological polar surface area (TPSA) is 58.6 Å². The van der Waals surface area contributed by atoms with Crippen LogP contribution in [0.2, 0.25) is 0 Å². The molecule has 3 rings (SSSR count). The lowest BCUT2D eigenvalue weighted by Gasteiger charge is -2.38. The Bertz CT molecular complexity index is 768. The van der Waals surface area contributed by atoms with Crippen LogP contribution < -0.4 is 5.32 Å². The Labute approximate surface area is 168 Å². The summed E-state index contributed by atoms with van der Waals surface area (Å²) in [5.74, 6) is -0.246. The minimum atomic E-state index is -4.46. The number of carbonyl (C=O) groups excluding carboxylic acids is 2. The van der Waals surface area contributed by atoms with Crippen LogP contribution in [-0.2, 0) is 20.5 Å². The molecule has 2 amide bonds. The molecule has 2 aliphatic heterocycles. The summed E-state index contributed by atoms with van der Waals surface area (Å²) in [5, 5.41) is 3.06. The van der Waals surface area contributed by atoms with Crippen molar-refractivity contribution in [3.8, 4) is 0 Å². The van der Waals surface area contributed by atoms with Crippen molar-refractivity contribution in [2.24, 2.45) is 0 Å². The Morgan fingerprint density at radius 1 is 1.34 bits per heavy atom. The van der Waals surface area contributed by atoms with Crippen LogP contribution in [0.15, 0.2) is 24.3 Å². The fourth-order valence-electron chi connectivity index (χ4n) is 4.62. The molecular formula is C21H27F3N2O3. The van der Waals surface area contributed by atoms with Crippen molar-refractivity contribution in [3.05, 3.63) is 35.4 Å². The molecular weight excluding hydrogens is 385 g/mol. The minimum Gasteiger partial charge on any atom is -0.384 e. The third kappa shape index (κ3) is 4.57. The number of rotatable bonds is 4. The molecule has 0 aromatic heterocycles. The van der Waals surface area contributed by atoms with Crippen molar-refractivity contribution >= 4 is 11.8 Å². The number of hydrogen-bond donors (Lipinski definition) is 1. The van der Waals surface area contributed by atoms with Gasteiger partial charge in [0.2, 0.25) is 11.8 Å². The van der Waals surface area contributed by atoms with Crippen LogP contribution in [0.5, 0.6) is 0 Å². The summed E-state index contributed by atoms with van der Waals surface area (Å²) in [4.78, 5) is 27.0. The molecule has 0 saturated carbocycles. The average molecular weight is 412 g/mol. The molecule has 0 unspecified atom stereocenters. The van der Waals surface area contributed by atoms with Crippen LogP contribution in [0.25, 0.3) is 0 Å². The minimum absolute atomic E-state index is 0.0776. The smallest absolute Gasteiger partial charge is 0.384 e. The first kappa shape index (κ1) is 21.6. The summed E-state index contributed by atoms with van der Waals surface area (Å²) in [6.07, 6.45) is -1.29. The summed E-state index contributed by atoms with van der Waals surface area (Å²) in [6, 6.07) is 4.34. The molecule has 5 nitrogen and oxygen atoms in total. The number of hydrogen-bond acceptors (Lipinski definition) is 3. The van der Waals surface area contributed by atoms with E-state index in [1.54, 1.807) is 11.0 Å². The van der Waals surface area contributed by atoms with E-state index in [9.17, 15) is 22.8 Å². The van der Waals surface area contributed by atoms with Crippen LogP contribution in [0, 0.1) is 0 Å². The molecule has 2 aliphatic rings. The van der Waals surface area contributed by atoms with Crippen molar-refractivity contribution in [2.75, 3.05) is 13.7 Å². The van der Waals surface area contributed by atoms with Gasteiger partial charge in [0.15, 0.2) is 0 Å². The highest BCUT2D eigenvalue weighted by Gasteiger charge is 2.52. The van der Waals surface area contributed by atoms with E-state index in [1.165, 1.54) is 13.2 Å². The largest absolute Gasteiger partial charge is 0.416 e. The molecule has 2 fully saturated rings. The fourth-order valence-corrected chi connectivity index (χ4v) is 4.62. The molecule has 0 bridgehead atoms. The summed E-state index contributed by atoms with van der Waals surface area (Å²) in [6.45, 7) is 2.13. The van der Waals surface area contributed by atoms with Crippen LogP contribution in [0.4, 0.5) is 13.2 Å². The van der Waals surface area contributed by atoms with Crippen LogP contribution in [0.1, 0.15) is 62.6 Å². The number of halogens is 3. The maximum Gasteiger partial charge on any atom is 0.416 e. The summed E-state index contributed by atoms with van der Waals surface area (Å²) < 4.78 is 44.8. The van der Waals surface area contributed by atoms with Gasteiger partial charge in [0.05, 0.1) is 36.2 Å². The van der Waals surface area contributed by atoms with Gasteiger partial charge in [-0.05, 0) is 43.9 Å². The third-order valence-corrected chi connectivity index (χ3v) is 5.99. The number of likely N-dealkylation sites (tertiary alicyclic amines) is 1. The second kappa shape index (κ2) is 8.34. The molecule has 160 valence electrons. The number of ether oxygens (including phenoxy) is 1. The molecule has 3 atom stereocenters. The van der Waals surface area contributed by atoms with E-state index in [0.29, 0.717) is 24.8 Å². The van der Waals surface area contributed by atoms with E-state index in [2.05, 4.69) is 5.32 Å². The normalized spacial score (nSPS) is 27.8. The van der Waals surface area contributed by atoms with Crippen LogP contribution in [-0.4, -0.2) is 42.0 Å². The molecule has 1 N–H and O–H groups in total. The van der Waals surface area contributed by atoms with Crippen molar-refractivity contribution < 1.29 is 27.5 Å². The highest BCUT2D eigenvalue weighted by Crippen LogP contribution is 2.46. The Balaban J connectivity index is 2.01. The first-order chi connectivity index (χ1) is 13.7. The van der Waals surface area contributed by atoms with Crippen molar-refractivity contribution in [1.82, 2.24) is 10.2 Å². The summed E-state index contributed by atoms with van der Waals surface area (Å²) >= 11 is 0. The highest BCUT2D eigenvalue weighted by atomic mass is 19.4. The Kier molecular flexibility index (Phi) is 6.22. The van der Waals surface area contributed by atoms with E-state index in [4.69, 9.17) is 4.74 Å². The number of carbonyl (C=O) groups is 2. The van der Waals surface area contributed by atoms with Crippen molar-refractivity contribution in [3.63, 3.8) is 0 Å². The molecule has 0 spiro atoms. The Hall–Kier alpha value is -2.09. The van der Waals surface area contributed by atoms with E-state index in [-0.39, 0.29) is 30.9 Å².